The number of carbonyl (C=O) groups excluding carboxylic acids is 6. The molecule has 4 atom stereocenters. The largest absolute Gasteiger partial charge is 0.445 e. The molecule has 0 aliphatic rings. The smallest absolute Gasteiger partial charge is 0.408 e. The average Bonchev–Trinajstić information content (AvgIpc) is 3.79. The van der Waals surface area contributed by atoms with E-state index in [0.717, 1.165) is 10.8 Å². The van der Waals surface area contributed by atoms with Gasteiger partial charge in [0.15, 0.2) is 7.20 Å². The fraction of sp³-hybridized carbons (Fsp3) is 0.326. The highest BCUT2D eigenvalue weighted by Crippen LogP contribution is 2.20. The monoisotopic (exact) mass is 832 g/mol. The van der Waals surface area contributed by atoms with E-state index in [1.807, 2.05) is 56.3 Å². The molecular formula is C46H53N7O8. The van der Waals surface area contributed by atoms with Crippen molar-refractivity contribution in [2.45, 2.75) is 89.6 Å². The van der Waals surface area contributed by atoms with Crippen molar-refractivity contribution in [1.29, 1.82) is 0 Å². The van der Waals surface area contributed by atoms with Gasteiger partial charge in [0, 0.05) is 43.1 Å². The number of alkyl carbamates (subject to hydrolysis) is 1. The first kappa shape index (κ1) is 43.7. The zero-order valence-corrected chi connectivity index (χ0v) is 34.2. The Labute approximate surface area is 355 Å². The van der Waals surface area contributed by atoms with Crippen LogP contribution in [0.3, 0.4) is 0 Å². The highest BCUT2D eigenvalue weighted by atomic mass is 16.5. The number of nitrogens with zero attached hydrogens (tertiary/aromatic N) is 1. The number of hydrazine groups is 1. The number of aromatic amines is 1. The van der Waals surface area contributed by atoms with E-state index in [4.69, 9.17) is 6.15 Å². The zero-order valence-electron chi connectivity index (χ0n) is 35.2. The number of aliphatic hydroxyl groups is 1. The Morgan fingerprint density at radius 2 is 1.44 bits per heavy atom. The first-order valence-electron chi connectivity index (χ1n) is 20.7. The van der Waals surface area contributed by atoms with Crippen LogP contribution in [0.4, 0.5) is 4.79 Å². The van der Waals surface area contributed by atoms with Crippen molar-refractivity contribution in [3.05, 3.63) is 138 Å². The molecule has 1 heterocycles. The number of hydrogen-bond donors (Lipinski definition) is 7. The number of ketones is 1. The lowest BCUT2D eigenvalue weighted by Gasteiger charge is -2.29. The number of rotatable bonds is 21. The van der Waals surface area contributed by atoms with Crippen LogP contribution in [-0.2, 0) is 43.4 Å². The van der Waals surface area contributed by atoms with Crippen LogP contribution >= 0.6 is 0 Å². The maximum Gasteiger partial charge on any atom is 0.408 e. The summed E-state index contributed by atoms with van der Waals surface area (Å²) in [4.78, 5) is 86.4. The van der Waals surface area contributed by atoms with Gasteiger partial charge in [0.2, 0.25) is 23.6 Å². The van der Waals surface area contributed by atoms with Crippen molar-refractivity contribution >= 4 is 46.3 Å². The number of imidazole rings is 1. The first-order chi connectivity index (χ1) is 29.9. The molecular weight excluding hydrogens is 779 g/mol. The summed E-state index contributed by atoms with van der Waals surface area (Å²) in [6.07, 6.45) is 0.378. The van der Waals surface area contributed by atoms with E-state index in [-0.39, 0.29) is 56.8 Å². The number of benzene rings is 4. The van der Waals surface area contributed by atoms with Crippen molar-refractivity contribution in [2.24, 2.45) is 5.92 Å². The van der Waals surface area contributed by atoms with E-state index in [2.05, 4.69) is 31.5 Å². The minimum Gasteiger partial charge on any atom is -0.445 e. The second kappa shape index (κ2) is 23.1. The number of nitrogens with one attached hydrogen (secondary N) is 6. The average molecular weight is 833 g/mol. The van der Waals surface area contributed by atoms with Crippen LogP contribution in [0.25, 0.3) is 10.8 Å². The maximum atomic E-state index is 14.3. The van der Waals surface area contributed by atoms with Crippen LogP contribution in [0, 0.1) is 5.92 Å². The molecule has 5 rings (SSSR count). The first-order valence-corrected chi connectivity index (χ1v) is 20.2. The summed E-state index contributed by atoms with van der Waals surface area (Å²) in [5, 5.41) is 19.0. The molecule has 0 fully saturated rings. The minimum atomic E-state index is -1.46. The number of fused-ring (bicyclic) bond motifs is 1. The van der Waals surface area contributed by atoms with E-state index >= 15 is 0 Å². The van der Waals surface area contributed by atoms with Gasteiger partial charge in [-0.2, -0.15) is 0 Å². The van der Waals surface area contributed by atoms with Crippen LogP contribution in [0.2, 0.25) is 1.41 Å². The van der Waals surface area contributed by atoms with E-state index in [1.165, 1.54) is 12.5 Å². The zero-order chi connectivity index (χ0) is 44.4. The molecule has 1 aromatic heterocycles. The molecule has 0 aliphatic heterocycles. The molecule has 15 nitrogen and oxygen atoms in total. The fourth-order valence-corrected chi connectivity index (χ4v) is 6.72. The van der Waals surface area contributed by atoms with Crippen molar-refractivity contribution in [3.8, 4) is 0 Å². The van der Waals surface area contributed by atoms with Crippen molar-refractivity contribution in [2.75, 3.05) is 0 Å². The lowest BCUT2D eigenvalue weighted by molar-refractivity contribution is -0.132. The summed E-state index contributed by atoms with van der Waals surface area (Å²) in [7, 11) is 0. The number of aliphatic hydroxyl groups excluding tert-OH is 1. The highest BCUT2D eigenvalue weighted by Gasteiger charge is 2.32. The molecule has 320 valence electrons. The quantitative estimate of drug-likeness (QED) is 0.0405. The Hall–Kier alpha value is -6.87. The number of amides is 5. The lowest BCUT2D eigenvalue weighted by atomic mass is 9.96. The number of aromatic nitrogens is 2. The Bertz CT molecular complexity index is 2250. The summed E-state index contributed by atoms with van der Waals surface area (Å²) in [6.45, 7) is 3.61. The van der Waals surface area contributed by atoms with Gasteiger partial charge in [-0.05, 0) is 40.7 Å². The van der Waals surface area contributed by atoms with Crippen LogP contribution in [-0.4, -0.2) is 74.8 Å². The topological polar surface area (TPSA) is 221 Å². The van der Waals surface area contributed by atoms with E-state index in [9.17, 15) is 33.9 Å². The predicted octanol–water partition coefficient (Wildman–Crippen LogP) is 4.61. The molecule has 0 bridgehead atoms. The second-order valence-electron chi connectivity index (χ2n) is 15.1. The molecule has 0 aliphatic carbocycles. The van der Waals surface area contributed by atoms with Crippen molar-refractivity contribution in [1.82, 2.24) is 36.8 Å². The van der Waals surface area contributed by atoms with Gasteiger partial charge in [-0.15, -0.1) is 0 Å². The Balaban J connectivity index is 1.26. The van der Waals surface area contributed by atoms with Gasteiger partial charge in [-0.1, -0.05) is 117 Å². The van der Waals surface area contributed by atoms with Gasteiger partial charge < -0.3 is 30.8 Å². The Kier molecular flexibility index (Phi) is 16.5. The minimum absolute atomic E-state index is 0.0213. The number of ether oxygens (including phenoxy) is 1. The molecule has 61 heavy (non-hydrogen) atoms. The molecule has 4 aromatic carbocycles. The highest BCUT2D eigenvalue weighted by molar-refractivity contribution is 5.96. The Morgan fingerprint density at radius 3 is 2.16 bits per heavy atom. The van der Waals surface area contributed by atoms with E-state index < -0.39 is 60.4 Å². The van der Waals surface area contributed by atoms with Gasteiger partial charge in [-0.3, -0.25) is 34.8 Å². The number of H-pyrrole nitrogens is 1. The molecule has 5 amide bonds. The standard InChI is InChI=1S/C46H53N7O8/c1-30(2)23-37(41(55)26-43(57)53-52-42(56)22-12-21-40(54)33-16-7-4-8-17-33)49-45(59)39(25-35-27-47-29-48-35)50-44(58)38(51-46(60)61-28-31-13-5-3-6-14-31)24-34-19-11-18-32-15-9-10-20-36(32)34/h3-11,13-20,27,29-30,37-39,41,55H,12,21-26,28H2,1-2H3,(H,47,48)(H,49,59)(H,50,58)(H,51,60)(H,52,56)(H,53,57)/t37-,38-,39-,41-/m0/s1/i/hD. The second-order valence-corrected chi connectivity index (χ2v) is 15.1. The maximum absolute atomic E-state index is 14.3. The summed E-state index contributed by atoms with van der Waals surface area (Å²) < 4.78 is 14.3. The predicted molar refractivity (Wildman–Crippen MR) is 228 cm³/mol. The van der Waals surface area contributed by atoms with Crippen LogP contribution in [0.5, 0.6) is 0 Å². The third kappa shape index (κ3) is 14.7. The molecule has 7 N–H and O–H groups in total. The van der Waals surface area contributed by atoms with Crippen LogP contribution < -0.4 is 26.8 Å². The van der Waals surface area contributed by atoms with Gasteiger partial charge >= 0.3 is 6.09 Å². The molecule has 15 heteroatoms. The molecule has 0 saturated heterocycles. The normalized spacial score (nSPS) is 13.2. The SMILES string of the molecule is [2H]N(C(=O)OCc1ccccc1)[C@@H](Cc1cccc2ccccc12)C(=O)N[C@@H](Cc1cnc[nH]1)C(=O)N[C@@H](CC(C)C)[C@@H](O)CC(=O)NNC(=O)CCCC(=O)c1ccccc1. The van der Waals surface area contributed by atoms with Crippen LogP contribution in [0.1, 0.15) is 73.1 Å². The third-order valence-electron chi connectivity index (χ3n) is 9.83. The molecule has 0 saturated carbocycles. The fourth-order valence-electron chi connectivity index (χ4n) is 6.72. The van der Waals surface area contributed by atoms with Crippen molar-refractivity contribution < 1.29 is 40.0 Å². The van der Waals surface area contributed by atoms with Crippen molar-refractivity contribution in [3.63, 3.8) is 0 Å². The number of carbonyl (C=O) groups is 6. The molecule has 0 radical (unpaired) electrons. The third-order valence-corrected chi connectivity index (χ3v) is 9.83. The molecule has 0 spiro atoms. The summed E-state index contributed by atoms with van der Waals surface area (Å²) in [5.74, 6) is -2.92. The van der Waals surface area contributed by atoms with Gasteiger partial charge in [-0.25, -0.2) is 9.78 Å². The van der Waals surface area contributed by atoms with Gasteiger partial charge in [0.05, 0.1) is 24.9 Å². The lowest BCUT2D eigenvalue weighted by Crippen LogP contribution is -2.57. The van der Waals surface area contributed by atoms with Gasteiger partial charge in [0.25, 0.3) is 0 Å². The summed E-state index contributed by atoms with van der Waals surface area (Å²) >= 11 is 0. The summed E-state index contributed by atoms with van der Waals surface area (Å²) in [5.41, 5.74) is 6.98. The van der Waals surface area contributed by atoms with E-state index in [0.29, 0.717) is 27.7 Å². The summed E-state index contributed by atoms with van der Waals surface area (Å²) in [6, 6.07) is 26.9. The van der Waals surface area contributed by atoms with Gasteiger partial charge in [0.1, 0.15) is 18.7 Å². The number of Topliss-reactive ketones (excluding diaryl/α,β-unsaturated/α-hetero) is 1. The van der Waals surface area contributed by atoms with E-state index in [1.54, 1.807) is 60.7 Å². The Morgan fingerprint density at radius 1 is 0.770 bits per heavy atom. The molecule has 0 unspecified atom stereocenters. The molecule has 5 aromatic rings. The van der Waals surface area contributed by atoms with Crippen LogP contribution in [0.15, 0.2) is 116 Å². The number of hydrogen-bond acceptors (Lipinski definition) is 9.